The van der Waals surface area contributed by atoms with E-state index >= 15 is 0 Å². The van der Waals surface area contributed by atoms with E-state index < -0.39 is 5.97 Å². The molecule has 0 spiro atoms. The first-order valence-electron chi connectivity index (χ1n) is 8.03. The summed E-state index contributed by atoms with van der Waals surface area (Å²) in [6, 6.07) is -0.0784. The zero-order valence-corrected chi connectivity index (χ0v) is 12.5. The van der Waals surface area contributed by atoms with Crippen LogP contribution in [0, 0.1) is 0 Å². The number of carbonyl (C=O) groups excluding carboxylic acids is 1. The molecule has 2 aliphatic rings. The Bertz CT molecular complexity index is 369. The van der Waals surface area contributed by atoms with Crippen LogP contribution in [0.1, 0.15) is 51.4 Å². The summed E-state index contributed by atoms with van der Waals surface area (Å²) < 4.78 is 0. The summed E-state index contributed by atoms with van der Waals surface area (Å²) >= 11 is 0. The van der Waals surface area contributed by atoms with Crippen LogP contribution in [0.4, 0.5) is 4.79 Å². The predicted molar refractivity (Wildman–Crippen MR) is 78.0 cm³/mol. The lowest BCUT2D eigenvalue weighted by Crippen LogP contribution is -2.54. The molecule has 2 fully saturated rings. The van der Waals surface area contributed by atoms with Gasteiger partial charge in [-0.2, -0.15) is 0 Å². The molecule has 1 saturated carbocycles. The highest BCUT2D eigenvalue weighted by molar-refractivity contribution is 5.76. The first-order chi connectivity index (χ1) is 10.1. The van der Waals surface area contributed by atoms with Crippen LogP contribution < -0.4 is 0 Å². The summed E-state index contributed by atoms with van der Waals surface area (Å²) in [5.41, 5.74) is 0. The van der Waals surface area contributed by atoms with Crippen molar-refractivity contribution in [2.75, 3.05) is 19.7 Å². The lowest BCUT2D eigenvalue weighted by Gasteiger charge is -2.40. The molecule has 2 amide bonds. The van der Waals surface area contributed by atoms with E-state index in [4.69, 9.17) is 5.11 Å². The molecule has 1 aliphatic carbocycles. The molecule has 0 radical (unpaired) electrons. The summed E-state index contributed by atoms with van der Waals surface area (Å²) in [6.07, 6.45) is 6.91. The number of aliphatic hydroxyl groups excluding tert-OH is 1. The monoisotopic (exact) mass is 298 g/mol. The molecule has 0 aromatic rings. The number of amides is 2. The number of hydrogen-bond acceptors (Lipinski definition) is 3. The lowest BCUT2D eigenvalue weighted by atomic mass is 9.99. The third-order valence-corrected chi connectivity index (χ3v) is 4.64. The Kier molecular flexibility index (Phi) is 5.85. The van der Waals surface area contributed by atoms with Crippen LogP contribution in [0.5, 0.6) is 0 Å². The number of rotatable bonds is 5. The highest BCUT2D eigenvalue weighted by atomic mass is 16.4. The quantitative estimate of drug-likeness (QED) is 0.809. The second kappa shape index (κ2) is 7.64. The Morgan fingerprint density at radius 1 is 1.10 bits per heavy atom. The van der Waals surface area contributed by atoms with Crippen molar-refractivity contribution < 1.29 is 19.8 Å². The molecular formula is C15H26N2O4. The van der Waals surface area contributed by atoms with Gasteiger partial charge in [0.15, 0.2) is 0 Å². The maximum atomic E-state index is 12.8. The summed E-state index contributed by atoms with van der Waals surface area (Å²) in [4.78, 5) is 27.3. The number of nitrogens with zero attached hydrogens (tertiary/aromatic N) is 2. The normalized spacial score (nSPS) is 23.3. The maximum Gasteiger partial charge on any atom is 0.320 e. The lowest BCUT2D eigenvalue weighted by molar-refractivity contribution is -0.138. The van der Waals surface area contributed by atoms with Gasteiger partial charge in [0.25, 0.3) is 0 Å². The SMILES string of the molecule is O=C(O)CC1CCCCN1C(=O)N(CCO)C1CCCC1. The molecule has 2 N–H and O–H groups in total. The average Bonchev–Trinajstić information content (AvgIpc) is 2.98. The van der Waals surface area contributed by atoms with Crippen molar-refractivity contribution in [3.8, 4) is 0 Å². The molecule has 1 unspecified atom stereocenters. The summed E-state index contributed by atoms with van der Waals surface area (Å²) in [7, 11) is 0. The second-order valence-corrected chi connectivity index (χ2v) is 6.08. The Morgan fingerprint density at radius 2 is 1.76 bits per heavy atom. The molecular weight excluding hydrogens is 272 g/mol. The third kappa shape index (κ3) is 4.09. The number of carboxylic acid groups (broad SMARTS) is 1. The molecule has 1 aliphatic heterocycles. The second-order valence-electron chi connectivity index (χ2n) is 6.08. The van der Waals surface area contributed by atoms with Gasteiger partial charge < -0.3 is 20.0 Å². The van der Waals surface area contributed by atoms with Crippen LogP contribution in [0.25, 0.3) is 0 Å². The highest BCUT2D eigenvalue weighted by Crippen LogP contribution is 2.27. The van der Waals surface area contributed by atoms with E-state index in [-0.39, 0.29) is 31.1 Å². The molecule has 1 heterocycles. The van der Waals surface area contributed by atoms with Crippen LogP contribution in [-0.4, -0.2) is 63.8 Å². The Morgan fingerprint density at radius 3 is 2.38 bits per heavy atom. The van der Waals surface area contributed by atoms with E-state index in [1.807, 2.05) is 0 Å². The molecule has 1 saturated heterocycles. The van der Waals surface area contributed by atoms with Gasteiger partial charge in [-0.15, -0.1) is 0 Å². The number of carboxylic acids is 1. The average molecular weight is 298 g/mol. The van der Waals surface area contributed by atoms with E-state index in [1.54, 1.807) is 9.80 Å². The first-order valence-corrected chi connectivity index (χ1v) is 8.03. The van der Waals surface area contributed by atoms with Gasteiger partial charge in [0.2, 0.25) is 0 Å². The van der Waals surface area contributed by atoms with E-state index in [9.17, 15) is 14.7 Å². The van der Waals surface area contributed by atoms with Crippen LogP contribution in [0.2, 0.25) is 0 Å². The van der Waals surface area contributed by atoms with Gasteiger partial charge in [0.1, 0.15) is 0 Å². The largest absolute Gasteiger partial charge is 0.481 e. The fourth-order valence-electron chi connectivity index (χ4n) is 3.59. The van der Waals surface area contributed by atoms with Gasteiger partial charge in [-0.25, -0.2) is 4.79 Å². The minimum Gasteiger partial charge on any atom is -0.481 e. The predicted octanol–water partition coefficient (Wildman–Crippen LogP) is 1.67. The summed E-state index contributed by atoms with van der Waals surface area (Å²) in [6.45, 7) is 0.935. The van der Waals surface area contributed by atoms with Crippen molar-refractivity contribution in [2.24, 2.45) is 0 Å². The number of hydrogen-bond donors (Lipinski definition) is 2. The molecule has 0 aromatic carbocycles. The molecule has 120 valence electrons. The van der Waals surface area contributed by atoms with Gasteiger partial charge >= 0.3 is 12.0 Å². The topological polar surface area (TPSA) is 81.1 Å². The number of carbonyl (C=O) groups is 2. The van der Waals surface area contributed by atoms with Crippen molar-refractivity contribution in [3.05, 3.63) is 0 Å². The Balaban J connectivity index is 2.07. The third-order valence-electron chi connectivity index (χ3n) is 4.64. The molecule has 6 heteroatoms. The maximum absolute atomic E-state index is 12.8. The van der Waals surface area contributed by atoms with Crippen LogP contribution in [0.3, 0.4) is 0 Å². The minimum atomic E-state index is -0.853. The zero-order chi connectivity index (χ0) is 15.2. The zero-order valence-electron chi connectivity index (χ0n) is 12.5. The molecule has 21 heavy (non-hydrogen) atoms. The van der Waals surface area contributed by atoms with Crippen LogP contribution >= 0.6 is 0 Å². The number of piperidine rings is 1. The van der Waals surface area contributed by atoms with Crippen molar-refractivity contribution >= 4 is 12.0 Å². The van der Waals surface area contributed by atoms with Gasteiger partial charge in [-0.3, -0.25) is 4.79 Å². The van der Waals surface area contributed by atoms with Gasteiger partial charge in [-0.1, -0.05) is 12.8 Å². The molecule has 1 atom stereocenters. The van der Waals surface area contributed by atoms with Crippen molar-refractivity contribution in [3.63, 3.8) is 0 Å². The smallest absolute Gasteiger partial charge is 0.320 e. The standard InChI is InChI=1S/C15H26N2O4/c18-10-9-17(12-5-1-2-6-12)15(21)16-8-4-3-7-13(16)11-14(19)20/h12-13,18H,1-11H2,(H,19,20). The number of urea groups is 1. The number of aliphatic hydroxyl groups is 1. The fraction of sp³-hybridized carbons (Fsp3) is 0.867. The number of likely N-dealkylation sites (tertiary alicyclic amines) is 1. The van der Waals surface area contributed by atoms with E-state index in [2.05, 4.69) is 0 Å². The first kappa shape index (κ1) is 16.1. The Hall–Kier alpha value is -1.30. The van der Waals surface area contributed by atoms with Crippen LogP contribution in [0.15, 0.2) is 0 Å². The van der Waals surface area contributed by atoms with Crippen LogP contribution in [-0.2, 0) is 4.79 Å². The van der Waals surface area contributed by atoms with Crippen molar-refractivity contribution in [1.82, 2.24) is 9.80 Å². The van der Waals surface area contributed by atoms with E-state index in [0.717, 1.165) is 44.9 Å². The van der Waals surface area contributed by atoms with Gasteiger partial charge in [-0.05, 0) is 32.1 Å². The van der Waals surface area contributed by atoms with Crippen molar-refractivity contribution in [2.45, 2.75) is 63.5 Å². The van der Waals surface area contributed by atoms with Crippen molar-refractivity contribution in [1.29, 1.82) is 0 Å². The summed E-state index contributed by atoms with van der Waals surface area (Å²) in [5.74, 6) is -0.853. The van der Waals surface area contributed by atoms with E-state index in [0.29, 0.717) is 13.1 Å². The highest BCUT2D eigenvalue weighted by Gasteiger charge is 2.34. The minimum absolute atomic E-state index is 0.0172. The van der Waals surface area contributed by atoms with Gasteiger partial charge in [0.05, 0.1) is 13.0 Å². The number of aliphatic carboxylic acids is 1. The molecule has 0 aromatic heterocycles. The molecule has 0 bridgehead atoms. The summed E-state index contributed by atoms with van der Waals surface area (Å²) in [5, 5.41) is 18.3. The molecule has 2 rings (SSSR count). The fourth-order valence-corrected chi connectivity index (χ4v) is 3.59. The van der Waals surface area contributed by atoms with E-state index in [1.165, 1.54) is 0 Å². The Labute approximate surface area is 125 Å². The molecule has 6 nitrogen and oxygen atoms in total. The van der Waals surface area contributed by atoms with Gasteiger partial charge in [0, 0.05) is 25.2 Å².